The molecule has 1 aliphatic heterocycles. The molecule has 0 spiro atoms. The van der Waals surface area contributed by atoms with E-state index in [9.17, 15) is 4.79 Å². The third-order valence-electron chi connectivity index (χ3n) is 0.887. The van der Waals surface area contributed by atoms with Crippen LogP contribution in [-0.2, 0) is 4.79 Å². The Morgan fingerprint density at radius 1 is 1.56 bits per heavy atom. The van der Waals surface area contributed by atoms with Crippen molar-refractivity contribution in [1.82, 2.24) is 5.32 Å². The molecule has 0 aromatic heterocycles. The van der Waals surface area contributed by atoms with Gasteiger partial charge in [-0.3, -0.25) is 4.79 Å². The zero-order chi connectivity index (χ0) is 7.11. The molecule has 0 saturated heterocycles. The summed E-state index contributed by atoms with van der Waals surface area (Å²) >= 11 is 0. The highest BCUT2D eigenvalue weighted by atomic mass is 16.1. The molecule has 54 valence electrons. The molecule has 0 aliphatic carbocycles. The maximum atomic E-state index is 10.3. The monoisotopic (exact) mass is 129 g/mol. The Morgan fingerprint density at radius 2 is 2.22 bits per heavy atom. The van der Waals surface area contributed by atoms with Gasteiger partial charge in [-0.15, -0.1) is 0 Å². The minimum atomic E-state index is 0. The second-order valence-electron chi connectivity index (χ2n) is 1.48. The number of nitrogens with one attached hydrogen (secondary N) is 1. The molecule has 0 aromatic carbocycles. The lowest BCUT2D eigenvalue weighted by Gasteiger charge is -2.02. The Labute approximate surface area is 57.4 Å². The second-order valence-corrected chi connectivity index (χ2v) is 1.48. The van der Waals surface area contributed by atoms with Crippen LogP contribution in [0.5, 0.6) is 0 Å². The van der Waals surface area contributed by atoms with Crippen LogP contribution in [0.15, 0.2) is 12.2 Å². The van der Waals surface area contributed by atoms with Crippen molar-refractivity contribution in [1.29, 1.82) is 0 Å². The van der Waals surface area contributed by atoms with E-state index in [0.717, 1.165) is 0 Å². The van der Waals surface area contributed by atoms with E-state index in [1.807, 2.05) is 26.0 Å². The van der Waals surface area contributed by atoms with Crippen LogP contribution < -0.4 is 5.32 Å². The number of carbonyl (C=O) groups is 1. The quantitative estimate of drug-likeness (QED) is 0.491. The van der Waals surface area contributed by atoms with Crippen molar-refractivity contribution in [2.75, 3.05) is 6.54 Å². The molecular weight excluding hydrogens is 114 g/mol. The lowest BCUT2D eigenvalue weighted by molar-refractivity contribution is -0.120. The molecule has 0 fully saturated rings. The molecule has 2 nitrogen and oxygen atoms in total. The number of carbonyl (C=O) groups excluding carboxylic acids is 1. The minimum absolute atomic E-state index is 0. The van der Waals surface area contributed by atoms with Crippen molar-refractivity contribution in [2.45, 2.75) is 20.3 Å². The molecule has 1 amide bonds. The highest BCUT2D eigenvalue weighted by Gasteiger charge is 1.97. The van der Waals surface area contributed by atoms with Gasteiger partial charge < -0.3 is 5.32 Å². The fourth-order valence-corrected chi connectivity index (χ4v) is 0.519. The van der Waals surface area contributed by atoms with E-state index in [2.05, 4.69) is 5.32 Å². The van der Waals surface area contributed by atoms with Crippen molar-refractivity contribution in [3.05, 3.63) is 12.2 Å². The minimum Gasteiger partial charge on any atom is -0.352 e. The Morgan fingerprint density at radius 3 is 2.44 bits per heavy atom. The summed E-state index contributed by atoms with van der Waals surface area (Å²) in [6.07, 6.45) is 4.38. The van der Waals surface area contributed by atoms with E-state index in [4.69, 9.17) is 0 Å². The average molecular weight is 129 g/mol. The van der Waals surface area contributed by atoms with E-state index >= 15 is 0 Å². The Hall–Kier alpha value is -0.790. The first-order valence-corrected chi connectivity index (χ1v) is 3.31. The fourth-order valence-electron chi connectivity index (χ4n) is 0.519. The van der Waals surface area contributed by atoms with Gasteiger partial charge in [0, 0.05) is 14.4 Å². The predicted molar refractivity (Wildman–Crippen MR) is 40.2 cm³/mol. The standard InChI is InChI=1S/C5H7NO.C2H6.H2/c7-5-3-1-2-4-6-5;1-2;/h1-2H,3-4H2,(H,6,7);1-2H3;1H. The molecule has 0 saturated carbocycles. The Balaban J connectivity index is 0. The molecular formula is C7H15NO. The van der Waals surface area contributed by atoms with Crippen molar-refractivity contribution in [2.24, 2.45) is 0 Å². The molecule has 0 bridgehead atoms. The van der Waals surface area contributed by atoms with Crippen molar-refractivity contribution in [3.63, 3.8) is 0 Å². The molecule has 9 heavy (non-hydrogen) atoms. The van der Waals surface area contributed by atoms with Crippen LogP contribution in [0.25, 0.3) is 0 Å². The van der Waals surface area contributed by atoms with Crippen LogP contribution in [0.4, 0.5) is 0 Å². The van der Waals surface area contributed by atoms with Crippen LogP contribution in [0.1, 0.15) is 21.7 Å². The maximum absolute atomic E-state index is 10.3. The molecule has 0 atom stereocenters. The van der Waals surface area contributed by atoms with E-state index in [1.165, 1.54) is 0 Å². The average Bonchev–Trinajstić information content (AvgIpc) is 1.94. The fraction of sp³-hybridized carbons (Fsp3) is 0.571. The summed E-state index contributed by atoms with van der Waals surface area (Å²) in [7, 11) is 0. The highest BCUT2D eigenvalue weighted by Crippen LogP contribution is 1.87. The van der Waals surface area contributed by atoms with Gasteiger partial charge in [0.05, 0.1) is 0 Å². The van der Waals surface area contributed by atoms with Gasteiger partial charge in [-0.1, -0.05) is 26.0 Å². The summed E-state index contributed by atoms with van der Waals surface area (Å²) in [6, 6.07) is 0. The van der Waals surface area contributed by atoms with Crippen LogP contribution >= 0.6 is 0 Å². The number of rotatable bonds is 0. The third-order valence-corrected chi connectivity index (χ3v) is 0.887. The number of amides is 1. The van der Waals surface area contributed by atoms with Crippen molar-refractivity contribution in [3.8, 4) is 0 Å². The largest absolute Gasteiger partial charge is 0.352 e. The lowest BCUT2D eigenvalue weighted by atomic mass is 10.3. The van der Waals surface area contributed by atoms with Crippen LogP contribution in [0, 0.1) is 0 Å². The molecule has 1 heterocycles. The molecule has 2 heteroatoms. The third kappa shape index (κ3) is 3.76. The topological polar surface area (TPSA) is 29.1 Å². The number of hydrogen-bond acceptors (Lipinski definition) is 1. The summed E-state index contributed by atoms with van der Waals surface area (Å²) in [5.41, 5.74) is 0. The van der Waals surface area contributed by atoms with E-state index in [1.54, 1.807) is 0 Å². The summed E-state index contributed by atoms with van der Waals surface area (Å²) in [4.78, 5) is 10.3. The lowest BCUT2D eigenvalue weighted by Crippen LogP contribution is -2.24. The SMILES string of the molecule is CC.O=C1CC=CCN1.[HH]. The maximum Gasteiger partial charge on any atom is 0.224 e. The summed E-state index contributed by atoms with van der Waals surface area (Å²) in [5.74, 6) is 0.127. The molecule has 0 radical (unpaired) electrons. The van der Waals surface area contributed by atoms with E-state index < -0.39 is 0 Å². The second kappa shape index (κ2) is 5.35. The highest BCUT2D eigenvalue weighted by molar-refractivity contribution is 5.78. The summed E-state index contributed by atoms with van der Waals surface area (Å²) in [6.45, 7) is 4.71. The number of hydrogen-bond donors (Lipinski definition) is 1. The van der Waals surface area contributed by atoms with Crippen molar-refractivity contribution >= 4 is 5.91 Å². The smallest absolute Gasteiger partial charge is 0.224 e. The zero-order valence-electron chi connectivity index (χ0n) is 5.98. The van der Waals surface area contributed by atoms with Gasteiger partial charge in [-0.2, -0.15) is 0 Å². The molecule has 1 rings (SSSR count). The first-order valence-electron chi connectivity index (χ1n) is 3.31. The normalized spacial score (nSPS) is 15.6. The van der Waals surface area contributed by atoms with Gasteiger partial charge in [0.25, 0.3) is 0 Å². The van der Waals surface area contributed by atoms with Crippen molar-refractivity contribution < 1.29 is 6.22 Å². The Bertz CT molecular complexity index is 112. The van der Waals surface area contributed by atoms with Gasteiger partial charge in [-0.05, 0) is 0 Å². The molecule has 0 aromatic rings. The first-order chi connectivity index (χ1) is 4.39. The zero-order valence-corrected chi connectivity index (χ0v) is 5.98. The van der Waals surface area contributed by atoms with Gasteiger partial charge in [0.2, 0.25) is 5.91 Å². The predicted octanol–water partition coefficient (Wildman–Crippen LogP) is 1.33. The van der Waals surface area contributed by atoms with Gasteiger partial charge >= 0.3 is 0 Å². The van der Waals surface area contributed by atoms with Crippen LogP contribution in [0.3, 0.4) is 0 Å². The van der Waals surface area contributed by atoms with Crippen LogP contribution in [0.2, 0.25) is 0 Å². The molecule has 0 unspecified atom stereocenters. The van der Waals surface area contributed by atoms with E-state index in [-0.39, 0.29) is 7.33 Å². The Kier molecular flexibility index (Phi) is 4.88. The van der Waals surface area contributed by atoms with Gasteiger partial charge in [0.1, 0.15) is 0 Å². The van der Waals surface area contributed by atoms with Crippen LogP contribution in [-0.4, -0.2) is 12.5 Å². The molecule has 1 N–H and O–H groups in total. The van der Waals surface area contributed by atoms with Gasteiger partial charge in [-0.25, -0.2) is 0 Å². The van der Waals surface area contributed by atoms with E-state index in [0.29, 0.717) is 13.0 Å². The summed E-state index contributed by atoms with van der Waals surface area (Å²) in [5, 5.41) is 2.66. The first kappa shape index (κ1) is 8.21. The summed E-state index contributed by atoms with van der Waals surface area (Å²) < 4.78 is 0. The van der Waals surface area contributed by atoms with Gasteiger partial charge in [0.15, 0.2) is 0 Å². The molecule has 1 aliphatic rings.